The molecule has 1 unspecified atom stereocenters. The number of nitrogens with one attached hydrogen (secondary N) is 1. The Labute approximate surface area is 109 Å². The van der Waals surface area contributed by atoms with Gasteiger partial charge in [-0.2, -0.15) is 0 Å². The summed E-state index contributed by atoms with van der Waals surface area (Å²) in [6.07, 6.45) is 0. The van der Waals surface area contributed by atoms with Gasteiger partial charge in [-0.05, 0) is 41.1 Å². The van der Waals surface area contributed by atoms with Crippen LogP contribution < -0.4 is 5.32 Å². The summed E-state index contributed by atoms with van der Waals surface area (Å²) in [5.41, 5.74) is 0.399. The smallest absolute Gasteiger partial charge is 0.325 e. The number of hydrogen-bond acceptors (Lipinski definition) is 2. The highest BCUT2D eigenvalue weighted by molar-refractivity contribution is 9.11. The standard InChI is InChI=1S/C10H9Br2NO3/c1-5(10(15)16)13-9(14)7-3-2-6(11)4-8(7)12/h2-5H,1H3,(H,13,14)(H,15,16). The topological polar surface area (TPSA) is 66.4 Å². The Morgan fingerprint density at radius 2 is 2.00 bits per heavy atom. The minimum Gasteiger partial charge on any atom is -0.480 e. The van der Waals surface area contributed by atoms with Crippen molar-refractivity contribution in [3.8, 4) is 0 Å². The Morgan fingerprint density at radius 1 is 1.38 bits per heavy atom. The normalized spacial score (nSPS) is 11.9. The summed E-state index contributed by atoms with van der Waals surface area (Å²) in [5, 5.41) is 11.0. The molecule has 0 heterocycles. The molecule has 86 valence electrons. The number of carboxylic acids is 1. The number of halogens is 2. The van der Waals surface area contributed by atoms with Crippen molar-refractivity contribution in [3.63, 3.8) is 0 Å². The minimum absolute atomic E-state index is 0.399. The van der Waals surface area contributed by atoms with Gasteiger partial charge in [-0.3, -0.25) is 9.59 Å². The van der Waals surface area contributed by atoms with Crippen molar-refractivity contribution in [2.24, 2.45) is 0 Å². The van der Waals surface area contributed by atoms with E-state index in [1.54, 1.807) is 18.2 Å². The molecule has 0 aromatic heterocycles. The van der Waals surface area contributed by atoms with Crippen molar-refractivity contribution in [2.75, 3.05) is 0 Å². The number of benzene rings is 1. The van der Waals surface area contributed by atoms with Gasteiger partial charge in [0.2, 0.25) is 0 Å². The van der Waals surface area contributed by atoms with E-state index >= 15 is 0 Å². The van der Waals surface area contributed by atoms with E-state index in [-0.39, 0.29) is 0 Å². The van der Waals surface area contributed by atoms with Gasteiger partial charge >= 0.3 is 5.97 Å². The maximum Gasteiger partial charge on any atom is 0.325 e. The zero-order valence-electron chi connectivity index (χ0n) is 8.33. The van der Waals surface area contributed by atoms with Crippen LogP contribution in [-0.4, -0.2) is 23.0 Å². The summed E-state index contributed by atoms with van der Waals surface area (Å²) < 4.78 is 1.44. The number of carboxylic acid groups (broad SMARTS) is 1. The van der Waals surface area contributed by atoms with Crippen molar-refractivity contribution >= 4 is 43.7 Å². The van der Waals surface area contributed by atoms with Crippen LogP contribution in [0.2, 0.25) is 0 Å². The summed E-state index contributed by atoms with van der Waals surface area (Å²) in [5.74, 6) is -1.49. The number of amides is 1. The van der Waals surface area contributed by atoms with Gasteiger partial charge in [-0.25, -0.2) is 0 Å². The maximum absolute atomic E-state index is 11.7. The number of rotatable bonds is 3. The Bertz CT molecular complexity index is 434. The van der Waals surface area contributed by atoms with E-state index in [0.717, 1.165) is 4.47 Å². The fourth-order valence-corrected chi connectivity index (χ4v) is 2.24. The van der Waals surface area contributed by atoms with Crippen molar-refractivity contribution in [1.82, 2.24) is 5.32 Å². The van der Waals surface area contributed by atoms with Gasteiger partial charge < -0.3 is 10.4 Å². The van der Waals surface area contributed by atoms with Crippen LogP contribution in [0.5, 0.6) is 0 Å². The molecule has 0 aliphatic heterocycles. The number of carbonyl (C=O) groups is 2. The maximum atomic E-state index is 11.7. The summed E-state index contributed by atoms with van der Waals surface area (Å²) >= 11 is 6.50. The van der Waals surface area contributed by atoms with E-state index in [1.165, 1.54) is 6.92 Å². The van der Waals surface area contributed by atoms with E-state index in [9.17, 15) is 9.59 Å². The van der Waals surface area contributed by atoms with Gasteiger partial charge in [0.05, 0.1) is 5.56 Å². The molecule has 1 amide bonds. The number of aliphatic carboxylic acids is 1. The first kappa shape index (κ1) is 13.2. The van der Waals surface area contributed by atoms with Crippen molar-refractivity contribution in [3.05, 3.63) is 32.7 Å². The van der Waals surface area contributed by atoms with Gasteiger partial charge in [0, 0.05) is 8.95 Å². The molecule has 1 atom stereocenters. The lowest BCUT2D eigenvalue weighted by molar-refractivity contribution is -0.138. The van der Waals surface area contributed by atoms with Crippen molar-refractivity contribution in [1.29, 1.82) is 0 Å². The molecular weight excluding hydrogens is 342 g/mol. The van der Waals surface area contributed by atoms with E-state index in [1.807, 2.05) is 0 Å². The Balaban J connectivity index is 2.85. The van der Waals surface area contributed by atoms with Crippen molar-refractivity contribution < 1.29 is 14.7 Å². The Kier molecular flexibility index (Phi) is 4.49. The molecule has 0 bridgehead atoms. The molecule has 6 heteroatoms. The zero-order valence-corrected chi connectivity index (χ0v) is 11.5. The summed E-state index contributed by atoms with van der Waals surface area (Å²) in [7, 11) is 0. The third kappa shape index (κ3) is 3.31. The summed E-state index contributed by atoms with van der Waals surface area (Å²) in [4.78, 5) is 22.2. The molecule has 1 aromatic rings. The highest BCUT2D eigenvalue weighted by atomic mass is 79.9. The van der Waals surface area contributed by atoms with Crippen LogP contribution in [0.25, 0.3) is 0 Å². The van der Waals surface area contributed by atoms with E-state index in [2.05, 4.69) is 37.2 Å². The molecule has 0 saturated heterocycles. The minimum atomic E-state index is -1.07. The molecule has 1 rings (SSSR count). The lowest BCUT2D eigenvalue weighted by Gasteiger charge is -2.10. The van der Waals surface area contributed by atoms with Crippen LogP contribution >= 0.6 is 31.9 Å². The molecule has 2 N–H and O–H groups in total. The monoisotopic (exact) mass is 349 g/mol. The first-order valence-electron chi connectivity index (χ1n) is 4.40. The molecule has 1 aromatic carbocycles. The lowest BCUT2D eigenvalue weighted by Crippen LogP contribution is -2.38. The summed E-state index contributed by atoms with van der Waals surface area (Å²) in [6, 6.07) is 4.13. The van der Waals surface area contributed by atoms with Crippen LogP contribution in [0.3, 0.4) is 0 Å². The predicted molar refractivity (Wildman–Crippen MR) is 66.4 cm³/mol. The third-order valence-electron chi connectivity index (χ3n) is 1.89. The second-order valence-corrected chi connectivity index (χ2v) is 4.93. The quantitative estimate of drug-likeness (QED) is 0.879. The van der Waals surface area contributed by atoms with Gasteiger partial charge in [-0.15, -0.1) is 0 Å². The Hall–Kier alpha value is -0.880. The van der Waals surface area contributed by atoms with Gasteiger partial charge in [-0.1, -0.05) is 15.9 Å². The zero-order chi connectivity index (χ0) is 12.3. The van der Waals surface area contributed by atoms with Crippen molar-refractivity contribution in [2.45, 2.75) is 13.0 Å². The van der Waals surface area contributed by atoms with E-state index in [4.69, 9.17) is 5.11 Å². The van der Waals surface area contributed by atoms with E-state index < -0.39 is 17.9 Å². The molecule has 0 spiro atoms. The molecule has 4 nitrogen and oxygen atoms in total. The number of hydrogen-bond donors (Lipinski definition) is 2. The summed E-state index contributed by atoms with van der Waals surface area (Å²) in [6.45, 7) is 1.41. The van der Waals surface area contributed by atoms with Crippen LogP contribution in [0.15, 0.2) is 27.1 Å². The predicted octanol–water partition coefficient (Wildman–Crippen LogP) is 2.41. The first-order chi connectivity index (χ1) is 7.41. The van der Waals surface area contributed by atoms with Crippen LogP contribution in [0.1, 0.15) is 17.3 Å². The lowest BCUT2D eigenvalue weighted by atomic mass is 10.2. The van der Waals surface area contributed by atoms with Gasteiger partial charge in [0.25, 0.3) is 5.91 Å². The second kappa shape index (κ2) is 5.45. The molecule has 0 radical (unpaired) electrons. The van der Waals surface area contributed by atoms with E-state index in [0.29, 0.717) is 10.0 Å². The molecule has 0 saturated carbocycles. The van der Waals surface area contributed by atoms with Gasteiger partial charge in [0.15, 0.2) is 0 Å². The number of carbonyl (C=O) groups excluding carboxylic acids is 1. The second-order valence-electron chi connectivity index (χ2n) is 3.16. The van der Waals surface area contributed by atoms with Crippen LogP contribution in [-0.2, 0) is 4.79 Å². The SMILES string of the molecule is CC(NC(=O)c1ccc(Br)cc1Br)C(=O)O. The Morgan fingerprint density at radius 3 is 2.50 bits per heavy atom. The highest BCUT2D eigenvalue weighted by Gasteiger charge is 2.16. The fourth-order valence-electron chi connectivity index (χ4n) is 1.01. The average Bonchev–Trinajstić information content (AvgIpc) is 2.16. The van der Waals surface area contributed by atoms with Crippen LogP contribution in [0, 0.1) is 0 Å². The third-order valence-corrected chi connectivity index (χ3v) is 3.04. The fraction of sp³-hybridized carbons (Fsp3) is 0.200. The highest BCUT2D eigenvalue weighted by Crippen LogP contribution is 2.21. The molecule has 0 fully saturated rings. The molecular formula is C10H9Br2NO3. The molecule has 16 heavy (non-hydrogen) atoms. The average molecular weight is 351 g/mol. The first-order valence-corrected chi connectivity index (χ1v) is 5.99. The van der Waals surface area contributed by atoms with Crippen LogP contribution in [0.4, 0.5) is 0 Å². The largest absolute Gasteiger partial charge is 0.480 e. The molecule has 0 aliphatic rings. The molecule has 0 aliphatic carbocycles. The van der Waals surface area contributed by atoms with Gasteiger partial charge in [0.1, 0.15) is 6.04 Å².